The van der Waals surface area contributed by atoms with Crippen LogP contribution in [-0.2, 0) is 4.74 Å². The number of nitrogens with one attached hydrogen (secondary N) is 1. The SMILES string of the molecule is O=c1nc2[nH]c(F)c(F)c2cn1[C@@H]1O[C@H](CO)C(O)C1O. The summed E-state index contributed by atoms with van der Waals surface area (Å²) in [6, 6.07) is 0. The smallest absolute Gasteiger partial charge is 0.351 e. The van der Waals surface area contributed by atoms with Crippen LogP contribution in [0.15, 0.2) is 11.0 Å². The third kappa shape index (κ3) is 2.03. The topological polar surface area (TPSA) is 121 Å². The maximum Gasteiger partial charge on any atom is 0.351 e. The second kappa shape index (κ2) is 4.84. The minimum Gasteiger partial charge on any atom is -0.394 e. The Labute approximate surface area is 115 Å². The van der Waals surface area contributed by atoms with Gasteiger partial charge >= 0.3 is 5.69 Å². The molecule has 0 saturated carbocycles. The molecule has 0 amide bonds. The number of ether oxygens (including phenoxy) is 1. The minimum absolute atomic E-state index is 0.280. The number of H-pyrrole nitrogens is 1. The Hall–Kier alpha value is -1.88. The summed E-state index contributed by atoms with van der Waals surface area (Å²) in [6.45, 7) is -0.577. The number of aromatic amines is 1. The average Bonchev–Trinajstić information content (AvgIpc) is 2.88. The maximum atomic E-state index is 13.5. The number of aliphatic hydroxyl groups is 3. The summed E-state index contributed by atoms with van der Waals surface area (Å²) < 4.78 is 32.5. The lowest BCUT2D eigenvalue weighted by Crippen LogP contribution is -2.35. The molecular formula is C11H11F2N3O5. The van der Waals surface area contributed by atoms with Crippen molar-refractivity contribution in [1.82, 2.24) is 14.5 Å². The summed E-state index contributed by atoms with van der Waals surface area (Å²) in [4.78, 5) is 17.3. The van der Waals surface area contributed by atoms with Crippen LogP contribution in [0.1, 0.15) is 6.23 Å². The standard InChI is InChI=1S/C11H11F2N3O5/c12-5-3-1-16(11(20)15-9(3)14-8(5)13)10-7(19)6(18)4(2-17)21-10/h1,4,6-7,10,17-19H,2H2,(H,14,15,20)/t4-,6?,7?,10-/m1/s1. The van der Waals surface area contributed by atoms with Crippen LogP contribution in [-0.4, -0.2) is 54.8 Å². The van der Waals surface area contributed by atoms with Gasteiger partial charge in [0.25, 0.3) is 0 Å². The van der Waals surface area contributed by atoms with E-state index in [0.717, 1.165) is 10.8 Å². The summed E-state index contributed by atoms with van der Waals surface area (Å²) in [7, 11) is 0. The van der Waals surface area contributed by atoms with Crippen molar-refractivity contribution in [2.24, 2.45) is 0 Å². The molecule has 21 heavy (non-hydrogen) atoms. The van der Waals surface area contributed by atoms with Crippen LogP contribution >= 0.6 is 0 Å². The molecule has 0 aliphatic carbocycles. The van der Waals surface area contributed by atoms with E-state index in [4.69, 9.17) is 9.84 Å². The van der Waals surface area contributed by atoms with Crippen LogP contribution in [0, 0.1) is 11.8 Å². The molecule has 0 bridgehead atoms. The highest BCUT2D eigenvalue weighted by molar-refractivity contribution is 5.75. The van der Waals surface area contributed by atoms with E-state index in [1.165, 1.54) is 0 Å². The molecule has 8 nitrogen and oxygen atoms in total. The van der Waals surface area contributed by atoms with E-state index in [9.17, 15) is 23.8 Å². The van der Waals surface area contributed by atoms with E-state index in [2.05, 4.69) is 4.98 Å². The van der Waals surface area contributed by atoms with Gasteiger partial charge in [-0.25, -0.2) is 9.18 Å². The zero-order valence-electron chi connectivity index (χ0n) is 10.4. The van der Waals surface area contributed by atoms with Crippen molar-refractivity contribution in [2.45, 2.75) is 24.5 Å². The molecule has 114 valence electrons. The van der Waals surface area contributed by atoms with Crippen molar-refractivity contribution in [2.75, 3.05) is 6.61 Å². The van der Waals surface area contributed by atoms with Gasteiger partial charge in [-0.05, 0) is 0 Å². The molecule has 0 aromatic carbocycles. The normalized spacial score (nSPS) is 29.4. The molecule has 1 aliphatic heterocycles. The number of hydrogen-bond donors (Lipinski definition) is 4. The highest BCUT2D eigenvalue weighted by atomic mass is 19.2. The third-order valence-corrected chi connectivity index (χ3v) is 3.40. The van der Waals surface area contributed by atoms with Gasteiger partial charge in [-0.1, -0.05) is 0 Å². The van der Waals surface area contributed by atoms with Gasteiger partial charge in [-0.2, -0.15) is 9.37 Å². The molecule has 4 N–H and O–H groups in total. The van der Waals surface area contributed by atoms with Crippen LogP contribution < -0.4 is 5.69 Å². The second-order valence-corrected chi connectivity index (χ2v) is 4.67. The van der Waals surface area contributed by atoms with E-state index in [-0.39, 0.29) is 11.0 Å². The predicted molar refractivity (Wildman–Crippen MR) is 63.3 cm³/mol. The second-order valence-electron chi connectivity index (χ2n) is 4.67. The zero-order chi connectivity index (χ0) is 15.3. The summed E-state index contributed by atoms with van der Waals surface area (Å²) >= 11 is 0. The van der Waals surface area contributed by atoms with Crippen LogP contribution in [0.5, 0.6) is 0 Å². The van der Waals surface area contributed by atoms with Gasteiger partial charge < -0.3 is 25.0 Å². The fourth-order valence-electron chi connectivity index (χ4n) is 2.29. The summed E-state index contributed by atoms with van der Waals surface area (Å²) in [6.07, 6.45) is -4.47. The average molecular weight is 303 g/mol. The van der Waals surface area contributed by atoms with E-state index in [1.807, 2.05) is 4.98 Å². The highest BCUT2D eigenvalue weighted by Gasteiger charge is 2.44. The van der Waals surface area contributed by atoms with E-state index < -0.39 is 48.6 Å². The van der Waals surface area contributed by atoms with Crippen molar-refractivity contribution >= 4 is 11.0 Å². The monoisotopic (exact) mass is 303 g/mol. The van der Waals surface area contributed by atoms with Crippen molar-refractivity contribution in [3.63, 3.8) is 0 Å². The molecule has 2 aromatic rings. The van der Waals surface area contributed by atoms with Crippen LogP contribution in [0.3, 0.4) is 0 Å². The Balaban J connectivity index is 2.10. The van der Waals surface area contributed by atoms with E-state index >= 15 is 0 Å². The number of hydrogen-bond acceptors (Lipinski definition) is 6. The highest BCUT2D eigenvalue weighted by Crippen LogP contribution is 2.29. The largest absolute Gasteiger partial charge is 0.394 e. The van der Waals surface area contributed by atoms with Gasteiger partial charge in [0, 0.05) is 6.20 Å². The summed E-state index contributed by atoms with van der Waals surface area (Å²) in [5.41, 5.74) is -1.21. The molecule has 1 aliphatic rings. The van der Waals surface area contributed by atoms with Crippen molar-refractivity contribution in [3.8, 4) is 0 Å². The first kappa shape index (κ1) is 14.1. The zero-order valence-corrected chi connectivity index (χ0v) is 10.4. The van der Waals surface area contributed by atoms with Gasteiger partial charge in [0.05, 0.1) is 12.0 Å². The lowest BCUT2D eigenvalue weighted by molar-refractivity contribution is -0.0547. The van der Waals surface area contributed by atoms with Crippen LogP contribution in [0.2, 0.25) is 0 Å². The maximum absolute atomic E-state index is 13.5. The molecule has 3 rings (SSSR count). The molecule has 2 aromatic heterocycles. The Morgan fingerprint density at radius 2 is 2.10 bits per heavy atom. The first-order valence-electron chi connectivity index (χ1n) is 6.02. The third-order valence-electron chi connectivity index (χ3n) is 3.40. The number of fused-ring (bicyclic) bond motifs is 1. The lowest BCUT2D eigenvalue weighted by atomic mass is 10.1. The molecule has 10 heteroatoms. The summed E-state index contributed by atoms with van der Waals surface area (Å²) in [5, 5.41) is 28.2. The van der Waals surface area contributed by atoms with Crippen molar-refractivity contribution in [3.05, 3.63) is 28.4 Å². The fraction of sp³-hybridized carbons (Fsp3) is 0.455. The minimum atomic E-state index is -1.52. The molecule has 2 unspecified atom stereocenters. The Bertz CT molecular complexity index is 745. The number of rotatable bonds is 2. The molecule has 4 atom stereocenters. The number of nitrogens with zero attached hydrogens (tertiary/aromatic N) is 2. The molecule has 1 saturated heterocycles. The van der Waals surface area contributed by atoms with E-state index in [1.54, 1.807) is 0 Å². The molecule has 1 fully saturated rings. The number of aliphatic hydroxyl groups excluding tert-OH is 3. The van der Waals surface area contributed by atoms with Gasteiger partial charge in [-0.3, -0.25) is 4.57 Å². The van der Waals surface area contributed by atoms with Gasteiger partial charge in [0.1, 0.15) is 24.0 Å². The van der Waals surface area contributed by atoms with Gasteiger partial charge in [0.15, 0.2) is 12.0 Å². The van der Waals surface area contributed by atoms with Gasteiger partial charge in [-0.15, -0.1) is 0 Å². The number of halogens is 2. The Morgan fingerprint density at radius 1 is 1.38 bits per heavy atom. The van der Waals surface area contributed by atoms with E-state index in [0.29, 0.717) is 0 Å². The van der Waals surface area contributed by atoms with Crippen LogP contribution in [0.25, 0.3) is 11.0 Å². The number of aromatic nitrogens is 3. The van der Waals surface area contributed by atoms with Crippen molar-refractivity contribution in [1.29, 1.82) is 0 Å². The molecule has 0 spiro atoms. The summed E-state index contributed by atoms with van der Waals surface area (Å²) in [5.74, 6) is -2.49. The first-order chi connectivity index (χ1) is 9.93. The van der Waals surface area contributed by atoms with Crippen LogP contribution in [0.4, 0.5) is 8.78 Å². The molecule has 3 heterocycles. The Kier molecular flexibility index (Phi) is 3.24. The lowest BCUT2D eigenvalue weighted by Gasteiger charge is -2.16. The predicted octanol–water partition coefficient (Wildman–Crippen LogP) is -1.39. The molecular weight excluding hydrogens is 292 g/mol. The quantitative estimate of drug-likeness (QED) is 0.542. The molecule has 0 radical (unpaired) electrons. The van der Waals surface area contributed by atoms with Gasteiger partial charge in [0.2, 0.25) is 5.95 Å². The first-order valence-corrected chi connectivity index (χ1v) is 6.02. The Morgan fingerprint density at radius 3 is 2.71 bits per heavy atom. The van der Waals surface area contributed by atoms with Crippen molar-refractivity contribution < 1.29 is 28.8 Å². The fourth-order valence-corrected chi connectivity index (χ4v) is 2.29.